The van der Waals surface area contributed by atoms with Gasteiger partial charge in [-0.05, 0) is 28.6 Å². The maximum atomic E-state index is 5.36. The van der Waals surface area contributed by atoms with Crippen LogP contribution >= 0.6 is 27.7 Å². The van der Waals surface area contributed by atoms with Crippen LogP contribution in [0.15, 0.2) is 27.8 Å². The Morgan fingerprint density at radius 1 is 1.45 bits per heavy atom. The van der Waals surface area contributed by atoms with Crippen LogP contribution in [-0.4, -0.2) is 39.6 Å². The fourth-order valence-corrected chi connectivity index (χ4v) is 2.93. The minimum Gasteiger partial charge on any atom is -0.496 e. The van der Waals surface area contributed by atoms with Gasteiger partial charge in [0.2, 0.25) is 5.16 Å². The van der Waals surface area contributed by atoms with Gasteiger partial charge in [0.15, 0.2) is 0 Å². The standard InChI is InChI=1S/C12H16BrN5OS/c1-18-12(15-16-17-18)20-6-5-14-8-9-7-10(13)3-4-11(9)19-2/h3-4,7,14H,5-6,8H2,1-2H3/p+1. The summed E-state index contributed by atoms with van der Waals surface area (Å²) >= 11 is 5.14. The van der Waals surface area contributed by atoms with Crippen LogP contribution in [-0.2, 0) is 13.6 Å². The summed E-state index contributed by atoms with van der Waals surface area (Å²) in [6.07, 6.45) is 0. The number of thioether (sulfide) groups is 1. The first-order valence-electron chi connectivity index (χ1n) is 6.20. The zero-order valence-corrected chi connectivity index (χ0v) is 13.8. The van der Waals surface area contributed by atoms with Crippen molar-refractivity contribution in [3.8, 4) is 5.75 Å². The summed E-state index contributed by atoms with van der Waals surface area (Å²) < 4.78 is 8.11. The summed E-state index contributed by atoms with van der Waals surface area (Å²) in [7, 11) is 3.54. The van der Waals surface area contributed by atoms with Crippen LogP contribution in [0.4, 0.5) is 0 Å². The number of tetrazole rings is 1. The van der Waals surface area contributed by atoms with E-state index in [0.29, 0.717) is 0 Å². The normalized spacial score (nSPS) is 10.8. The second kappa shape index (κ2) is 7.61. The largest absolute Gasteiger partial charge is 0.496 e. The number of benzene rings is 1. The van der Waals surface area contributed by atoms with Crippen molar-refractivity contribution in [3.05, 3.63) is 28.2 Å². The van der Waals surface area contributed by atoms with Gasteiger partial charge in [-0.3, -0.25) is 0 Å². The molecular formula is C12H17BrN5OS+. The molecule has 0 aliphatic heterocycles. The Hall–Kier alpha value is -1.12. The van der Waals surface area contributed by atoms with Crippen LogP contribution in [0, 0.1) is 0 Å². The number of quaternary nitrogens is 1. The van der Waals surface area contributed by atoms with Gasteiger partial charge in [-0.1, -0.05) is 27.7 Å². The maximum Gasteiger partial charge on any atom is 0.209 e. The van der Waals surface area contributed by atoms with Gasteiger partial charge < -0.3 is 10.1 Å². The van der Waals surface area contributed by atoms with Crippen molar-refractivity contribution in [1.29, 1.82) is 0 Å². The fraction of sp³-hybridized carbons (Fsp3) is 0.417. The first kappa shape index (κ1) is 15.3. The van der Waals surface area contributed by atoms with Crippen LogP contribution in [0.3, 0.4) is 0 Å². The molecule has 0 saturated carbocycles. The second-order valence-corrected chi connectivity index (χ2v) is 6.15. The van der Waals surface area contributed by atoms with Gasteiger partial charge >= 0.3 is 0 Å². The highest BCUT2D eigenvalue weighted by Crippen LogP contribution is 2.21. The lowest BCUT2D eigenvalue weighted by atomic mass is 10.2. The lowest BCUT2D eigenvalue weighted by molar-refractivity contribution is -0.666. The Balaban J connectivity index is 1.76. The number of halogens is 1. The SMILES string of the molecule is COc1ccc(Br)cc1C[NH2+]CCSc1nnnn1C. The van der Waals surface area contributed by atoms with Crippen molar-refractivity contribution in [2.45, 2.75) is 11.7 Å². The Bertz CT molecular complexity index is 563. The highest BCUT2D eigenvalue weighted by atomic mass is 79.9. The van der Waals surface area contributed by atoms with Gasteiger partial charge in [-0.25, -0.2) is 4.68 Å². The lowest BCUT2D eigenvalue weighted by Gasteiger charge is -2.08. The van der Waals surface area contributed by atoms with Gasteiger partial charge in [0.25, 0.3) is 0 Å². The first-order valence-corrected chi connectivity index (χ1v) is 7.98. The van der Waals surface area contributed by atoms with E-state index in [1.165, 1.54) is 5.56 Å². The number of methoxy groups -OCH3 is 1. The van der Waals surface area contributed by atoms with Crippen LogP contribution in [0.1, 0.15) is 5.56 Å². The number of ether oxygens (including phenoxy) is 1. The van der Waals surface area contributed by atoms with E-state index in [0.717, 1.165) is 34.2 Å². The molecule has 0 atom stereocenters. The minimum atomic E-state index is 0.846. The molecule has 20 heavy (non-hydrogen) atoms. The van der Waals surface area contributed by atoms with E-state index in [1.807, 2.05) is 19.2 Å². The van der Waals surface area contributed by atoms with E-state index < -0.39 is 0 Å². The number of rotatable bonds is 7. The monoisotopic (exact) mass is 358 g/mol. The lowest BCUT2D eigenvalue weighted by Crippen LogP contribution is -2.83. The summed E-state index contributed by atoms with van der Waals surface area (Å²) in [6.45, 7) is 1.88. The van der Waals surface area contributed by atoms with Gasteiger partial charge in [-0.15, -0.1) is 5.10 Å². The highest BCUT2D eigenvalue weighted by molar-refractivity contribution is 9.10. The van der Waals surface area contributed by atoms with Gasteiger partial charge in [0.1, 0.15) is 12.3 Å². The molecule has 2 aromatic rings. The average molecular weight is 359 g/mol. The van der Waals surface area contributed by atoms with E-state index >= 15 is 0 Å². The quantitative estimate of drug-likeness (QED) is 0.586. The second-order valence-electron chi connectivity index (χ2n) is 4.17. The molecule has 108 valence electrons. The van der Waals surface area contributed by atoms with Crippen molar-refractivity contribution in [1.82, 2.24) is 20.2 Å². The number of aryl methyl sites for hydroxylation is 1. The Morgan fingerprint density at radius 2 is 2.30 bits per heavy atom. The summed E-state index contributed by atoms with van der Waals surface area (Å²) in [5.74, 6) is 1.89. The molecule has 6 nitrogen and oxygen atoms in total. The number of hydrogen-bond donors (Lipinski definition) is 1. The number of nitrogens with two attached hydrogens (primary N) is 1. The Kier molecular flexibility index (Phi) is 5.81. The Labute approximate surface area is 130 Å². The zero-order chi connectivity index (χ0) is 14.4. The smallest absolute Gasteiger partial charge is 0.209 e. The predicted octanol–water partition coefficient (Wildman–Crippen LogP) is 0.837. The number of nitrogens with zero attached hydrogens (tertiary/aromatic N) is 4. The van der Waals surface area contributed by atoms with E-state index in [4.69, 9.17) is 4.74 Å². The molecule has 0 bridgehead atoms. The van der Waals surface area contributed by atoms with E-state index in [9.17, 15) is 0 Å². The molecule has 1 aromatic heterocycles. The molecule has 1 heterocycles. The number of aromatic nitrogens is 4. The summed E-state index contributed by atoms with van der Waals surface area (Å²) in [4.78, 5) is 0. The highest BCUT2D eigenvalue weighted by Gasteiger charge is 2.06. The Morgan fingerprint density at radius 3 is 3.00 bits per heavy atom. The van der Waals surface area contributed by atoms with Gasteiger partial charge in [0, 0.05) is 17.1 Å². The van der Waals surface area contributed by atoms with Crippen LogP contribution in [0.5, 0.6) is 5.75 Å². The van der Waals surface area contributed by atoms with Crippen molar-refractivity contribution in [2.75, 3.05) is 19.4 Å². The molecule has 0 aliphatic rings. The molecule has 0 radical (unpaired) electrons. The van der Waals surface area contributed by atoms with E-state index in [-0.39, 0.29) is 0 Å². The average Bonchev–Trinajstić information content (AvgIpc) is 2.84. The summed E-state index contributed by atoms with van der Waals surface area (Å²) in [6, 6.07) is 6.06. The molecular weight excluding hydrogens is 342 g/mol. The van der Waals surface area contributed by atoms with E-state index in [2.05, 4.69) is 42.8 Å². The maximum absolute atomic E-state index is 5.36. The molecule has 0 aliphatic carbocycles. The van der Waals surface area contributed by atoms with Crippen LogP contribution in [0.25, 0.3) is 0 Å². The molecule has 0 unspecified atom stereocenters. The third kappa shape index (κ3) is 4.19. The molecule has 2 N–H and O–H groups in total. The zero-order valence-electron chi connectivity index (χ0n) is 11.4. The van der Waals surface area contributed by atoms with Crippen molar-refractivity contribution in [3.63, 3.8) is 0 Å². The third-order valence-corrected chi connectivity index (χ3v) is 4.28. The molecule has 2 rings (SSSR count). The van der Waals surface area contributed by atoms with Crippen LogP contribution in [0.2, 0.25) is 0 Å². The first-order chi connectivity index (χ1) is 9.70. The summed E-state index contributed by atoms with van der Waals surface area (Å²) in [5.41, 5.74) is 1.19. The molecule has 1 aromatic carbocycles. The molecule has 0 fully saturated rings. The predicted molar refractivity (Wildman–Crippen MR) is 80.7 cm³/mol. The minimum absolute atomic E-state index is 0.846. The van der Waals surface area contributed by atoms with E-state index in [1.54, 1.807) is 23.6 Å². The fourth-order valence-electron chi connectivity index (χ4n) is 1.74. The molecule has 0 amide bonds. The van der Waals surface area contributed by atoms with Gasteiger partial charge in [0.05, 0.1) is 19.4 Å². The number of hydrogen-bond acceptors (Lipinski definition) is 5. The van der Waals surface area contributed by atoms with Gasteiger partial charge in [-0.2, -0.15) is 0 Å². The molecule has 0 saturated heterocycles. The third-order valence-electron chi connectivity index (χ3n) is 2.74. The summed E-state index contributed by atoms with van der Waals surface area (Å²) in [5, 5.41) is 14.4. The molecule has 8 heteroatoms. The molecule has 0 spiro atoms. The van der Waals surface area contributed by atoms with Crippen LogP contribution < -0.4 is 10.1 Å². The van der Waals surface area contributed by atoms with Crippen molar-refractivity contribution < 1.29 is 10.1 Å². The van der Waals surface area contributed by atoms with Crippen molar-refractivity contribution in [2.24, 2.45) is 7.05 Å². The van der Waals surface area contributed by atoms with Crippen molar-refractivity contribution >= 4 is 27.7 Å². The topological polar surface area (TPSA) is 69.4 Å².